The molecular formula is C13H26O5SSi. The average molecular weight is 322 g/mol. The predicted molar refractivity (Wildman–Crippen MR) is 82.3 cm³/mol. The molecule has 0 saturated carbocycles. The highest BCUT2D eigenvalue weighted by Crippen LogP contribution is 2.36. The summed E-state index contributed by atoms with van der Waals surface area (Å²) in [5.41, 5.74) is 0. The van der Waals surface area contributed by atoms with Crippen molar-refractivity contribution in [3.05, 3.63) is 0 Å². The summed E-state index contributed by atoms with van der Waals surface area (Å²) in [7, 11) is -5.38. The largest absolute Gasteiger partial charge is 0.406 e. The molecule has 0 aromatic carbocycles. The van der Waals surface area contributed by atoms with Gasteiger partial charge in [0.15, 0.2) is 8.32 Å². The molecule has 118 valence electrons. The molecule has 0 aromatic heterocycles. The van der Waals surface area contributed by atoms with Crippen LogP contribution in [0, 0.1) is 11.8 Å². The minimum atomic E-state index is -3.57. The molecule has 20 heavy (non-hydrogen) atoms. The highest BCUT2D eigenvalue weighted by molar-refractivity contribution is 7.86. The molecule has 0 amide bonds. The molecule has 1 unspecified atom stereocenters. The third-order valence-corrected chi connectivity index (χ3v) is 8.38. The highest BCUT2D eigenvalue weighted by atomic mass is 32.2. The van der Waals surface area contributed by atoms with Gasteiger partial charge in [-0.3, -0.25) is 4.18 Å². The second kappa shape index (κ2) is 7.57. The van der Waals surface area contributed by atoms with E-state index in [4.69, 9.17) is 9.53 Å². The van der Waals surface area contributed by atoms with E-state index >= 15 is 0 Å². The van der Waals surface area contributed by atoms with E-state index in [1.807, 2.05) is 0 Å². The molecular weight excluding hydrogens is 296 g/mol. The average Bonchev–Trinajstić information content (AvgIpc) is 2.23. The van der Waals surface area contributed by atoms with Gasteiger partial charge in [-0.1, -0.05) is 32.6 Å². The molecule has 0 fully saturated rings. The van der Waals surface area contributed by atoms with E-state index in [-0.39, 0.29) is 18.1 Å². The zero-order valence-electron chi connectivity index (χ0n) is 13.2. The van der Waals surface area contributed by atoms with E-state index in [9.17, 15) is 8.42 Å². The van der Waals surface area contributed by atoms with Crippen molar-refractivity contribution in [3.8, 4) is 11.8 Å². The van der Waals surface area contributed by atoms with Crippen LogP contribution in [0.2, 0.25) is 18.1 Å². The van der Waals surface area contributed by atoms with Crippen LogP contribution in [0.4, 0.5) is 0 Å². The monoisotopic (exact) mass is 322 g/mol. The van der Waals surface area contributed by atoms with Gasteiger partial charge in [0.2, 0.25) is 0 Å². The van der Waals surface area contributed by atoms with Gasteiger partial charge in [0.05, 0.1) is 19.5 Å². The first kappa shape index (κ1) is 19.6. The van der Waals surface area contributed by atoms with E-state index in [2.05, 4.69) is 49.9 Å². The van der Waals surface area contributed by atoms with Crippen molar-refractivity contribution in [1.29, 1.82) is 0 Å². The second-order valence-corrected chi connectivity index (χ2v) is 12.6. The van der Waals surface area contributed by atoms with E-state index in [0.717, 1.165) is 6.26 Å². The molecule has 0 radical (unpaired) electrons. The number of aliphatic hydroxyl groups excluding tert-OH is 1. The fraction of sp³-hybridized carbons (Fsp3) is 0.846. The van der Waals surface area contributed by atoms with Crippen molar-refractivity contribution in [3.63, 3.8) is 0 Å². The Kier molecular flexibility index (Phi) is 7.42. The Balaban J connectivity index is 4.30. The summed E-state index contributed by atoms with van der Waals surface area (Å²) in [6.07, 6.45) is 0.291. The van der Waals surface area contributed by atoms with Crippen LogP contribution in [0.25, 0.3) is 0 Å². The van der Waals surface area contributed by atoms with Crippen molar-refractivity contribution in [2.24, 2.45) is 0 Å². The normalized spacial score (nSPS) is 14.6. The molecule has 1 N–H and O–H groups in total. The quantitative estimate of drug-likeness (QED) is 0.458. The van der Waals surface area contributed by atoms with Crippen molar-refractivity contribution >= 4 is 18.4 Å². The summed E-state index contributed by atoms with van der Waals surface area (Å²) < 4.78 is 32.4. The predicted octanol–water partition coefficient (Wildman–Crippen LogP) is 1.74. The van der Waals surface area contributed by atoms with Crippen molar-refractivity contribution in [2.75, 3.05) is 19.5 Å². The van der Waals surface area contributed by atoms with E-state index < -0.39 is 24.5 Å². The minimum Gasteiger partial charge on any atom is -0.406 e. The van der Waals surface area contributed by atoms with Crippen LogP contribution in [0.1, 0.15) is 27.2 Å². The maximum absolute atomic E-state index is 10.9. The molecule has 1 atom stereocenters. The van der Waals surface area contributed by atoms with Crippen LogP contribution >= 0.6 is 0 Å². The summed E-state index contributed by atoms with van der Waals surface area (Å²) in [6, 6.07) is 0. The summed E-state index contributed by atoms with van der Waals surface area (Å²) in [6.45, 7) is 10.6. The van der Waals surface area contributed by atoms with Gasteiger partial charge in [-0.05, 0) is 18.1 Å². The zero-order valence-corrected chi connectivity index (χ0v) is 15.0. The van der Waals surface area contributed by atoms with Gasteiger partial charge >= 0.3 is 0 Å². The van der Waals surface area contributed by atoms with Crippen LogP contribution in [-0.4, -0.2) is 47.4 Å². The van der Waals surface area contributed by atoms with E-state index in [1.165, 1.54) is 0 Å². The minimum absolute atomic E-state index is 0.127. The maximum atomic E-state index is 10.9. The molecule has 5 nitrogen and oxygen atoms in total. The summed E-state index contributed by atoms with van der Waals surface area (Å²) in [5.74, 6) is 5.62. The van der Waals surface area contributed by atoms with Crippen LogP contribution in [0.15, 0.2) is 0 Å². The second-order valence-electron chi connectivity index (χ2n) is 6.21. The fourth-order valence-electron chi connectivity index (χ4n) is 1.05. The molecule has 0 aliphatic rings. The lowest BCUT2D eigenvalue weighted by molar-refractivity contribution is 0.126. The van der Waals surface area contributed by atoms with Crippen LogP contribution in [0.5, 0.6) is 0 Å². The van der Waals surface area contributed by atoms with E-state index in [0.29, 0.717) is 6.61 Å². The molecule has 0 bridgehead atoms. The standard InChI is InChI=1S/C13H26O5SSi/c1-13(2,3)20(5,6)17-10-8-7-9-12(11-14)18-19(4,15)16/h12,14H,9-11H2,1-6H3. The van der Waals surface area contributed by atoms with E-state index in [1.54, 1.807) is 0 Å². The summed E-state index contributed by atoms with van der Waals surface area (Å²) in [5, 5.41) is 9.13. The molecule has 0 aromatic rings. The molecule has 0 aliphatic carbocycles. The lowest BCUT2D eigenvalue weighted by atomic mass is 10.2. The number of hydrogen-bond acceptors (Lipinski definition) is 5. The van der Waals surface area contributed by atoms with Gasteiger partial charge in [0.1, 0.15) is 6.10 Å². The van der Waals surface area contributed by atoms with Gasteiger partial charge in [-0.2, -0.15) is 8.42 Å². The third-order valence-electron chi connectivity index (χ3n) is 3.28. The third kappa shape index (κ3) is 8.02. The molecule has 0 spiro atoms. The molecule has 0 heterocycles. The van der Waals surface area contributed by atoms with Gasteiger partial charge in [-0.15, -0.1) is 0 Å². The van der Waals surface area contributed by atoms with Gasteiger partial charge in [-0.25, -0.2) is 0 Å². The first-order chi connectivity index (χ1) is 8.89. The number of hydrogen-bond donors (Lipinski definition) is 1. The first-order valence-corrected chi connectivity index (χ1v) is 11.2. The summed E-state index contributed by atoms with van der Waals surface area (Å²) >= 11 is 0. The van der Waals surface area contributed by atoms with Crippen LogP contribution < -0.4 is 0 Å². The van der Waals surface area contributed by atoms with Crippen LogP contribution in [0.3, 0.4) is 0 Å². The van der Waals surface area contributed by atoms with Gasteiger partial charge in [0.25, 0.3) is 10.1 Å². The lowest BCUT2D eigenvalue weighted by Crippen LogP contribution is -2.40. The smallest absolute Gasteiger partial charge is 0.264 e. The number of aliphatic hydroxyl groups is 1. The molecule has 7 heteroatoms. The van der Waals surface area contributed by atoms with Gasteiger partial charge < -0.3 is 9.53 Å². The highest BCUT2D eigenvalue weighted by Gasteiger charge is 2.36. The molecule has 0 rings (SSSR count). The van der Waals surface area contributed by atoms with Gasteiger partial charge in [0, 0.05) is 6.42 Å². The SMILES string of the molecule is CC(C)(C)[Si](C)(C)OCC#CCC(CO)OS(C)(=O)=O. The molecule has 0 aliphatic heterocycles. The van der Waals surface area contributed by atoms with Crippen molar-refractivity contribution < 1.29 is 22.1 Å². The zero-order chi connectivity index (χ0) is 16.0. The van der Waals surface area contributed by atoms with Crippen molar-refractivity contribution in [1.82, 2.24) is 0 Å². The fourth-order valence-corrected chi connectivity index (χ4v) is 2.54. The Morgan fingerprint density at radius 3 is 2.20 bits per heavy atom. The summed E-state index contributed by atoms with van der Waals surface area (Å²) in [4.78, 5) is 0. The first-order valence-electron chi connectivity index (χ1n) is 6.48. The maximum Gasteiger partial charge on any atom is 0.264 e. The molecule has 0 saturated heterocycles. The number of rotatable bonds is 6. The van der Waals surface area contributed by atoms with Crippen LogP contribution in [-0.2, 0) is 18.7 Å². The lowest BCUT2D eigenvalue weighted by Gasteiger charge is -2.35. The Bertz CT molecular complexity index is 453. The Morgan fingerprint density at radius 2 is 1.80 bits per heavy atom. The topological polar surface area (TPSA) is 72.8 Å². The Morgan fingerprint density at radius 1 is 1.25 bits per heavy atom. The van der Waals surface area contributed by atoms with Crippen molar-refractivity contribution in [2.45, 2.75) is 51.4 Å². The Labute approximate surface area is 123 Å². The Hall–Kier alpha value is -0.393.